The first-order valence-electron chi connectivity index (χ1n) is 4.97. The molecule has 0 bridgehead atoms. The van der Waals surface area contributed by atoms with E-state index in [1.807, 2.05) is 0 Å². The maximum Gasteiger partial charge on any atom is 0.0649 e. The molecule has 1 saturated heterocycles. The highest BCUT2D eigenvalue weighted by atomic mass is 16.5. The van der Waals surface area contributed by atoms with E-state index in [0.29, 0.717) is 11.5 Å². The molecular formula is C10H19NO. The van der Waals surface area contributed by atoms with Gasteiger partial charge in [0.2, 0.25) is 0 Å². The molecular weight excluding hydrogens is 150 g/mol. The lowest BCUT2D eigenvalue weighted by Crippen LogP contribution is -2.48. The second kappa shape index (κ2) is 2.46. The van der Waals surface area contributed by atoms with Gasteiger partial charge in [0.1, 0.15) is 0 Å². The molecule has 0 aromatic rings. The topological polar surface area (TPSA) is 35.2 Å². The Hall–Kier alpha value is -0.0800. The standard InChI is InChI=1S/C10H19NO/c1-9(2,11)10(5-6-10)8-4-3-7-12-8/h8H,3-7,11H2,1-2H3. The summed E-state index contributed by atoms with van der Waals surface area (Å²) in [5.74, 6) is 0. The van der Waals surface area contributed by atoms with Crippen molar-refractivity contribution in [2.75, 3.05) is 6.61 Å². The number of hydrogen-bond donors (Lipinski definition) is 1. The summed E-state index contributed by atoms with van der Waals surface area (Å²) in [7, 11) is 0. The van der Waals surface area contributed by atoms with E-state index in [9.17, 15) is 0 Å². The van der Waals surface area contributed by atoms with Gasteiger partial charge in [0.25, 0.3) is 0 Å². The van der Waals surface area contributed by atoms with Crippen LogP contribution in [0, 0.1) is 5.41 Å². The maximum absolute atomic E-state index is 6.18. The number of rotatable bonds is 2. The van der Waals surface area contributed by atoms with Crippen molar-refractivity contribution in [3.05, 3.63) is 0 Å². The third-order valence-corrected chi connectivity index (χ3v) is 3.62. The van der Waals surface area contributed by atoms with Crippen LogP contribution in [-0.2, 0) is 4.74 Å². The fraction of sp³-hybridized carbons (Fsp3) is 1.00. The molecule has 2 nitrogen and oxygen atoms in total. The van der Waals surface area contributed by atoms with E-state index >= 15 is 0 Å². The molecule has 1 aliphatic carbocycles. The molecule has 12 heavy (non-hydrogen) atoms. The van der Waals surface area contributed by atoms with E-state index in [1.165, 1.54) is 25.7 Å². The van der Waals surface area contributed by atoms with Crippen LogP contribution in [0.5, 0.6) is 0 Å². The predicted octanol–water partition coefficient (Wildman–Crippen LogP) is 1.68. The lowest BCUT2D eigenvalue weighted by atomic mass is 9.79. The van der Waals surface area contributed by atoms with Gasteiger partial charge in [-0.3, -0.25) is 0 Å². The molecule has 2 rings (SSSR count). The molecule has 0 amide bonds. The summed E-state index contributed by atoms with van der Waals surface area (Å²) in [6.07, 6.45) is 5.43. The number of hydrogen-bond acceptors (Lipinski definition) is 2. The van der Waals surface area contributed by atoms with Crippen LogP contribution in [-0.4, -0.2) is 18.2 Å². The van der Waals surface area contributed by atoms with Gasteiger partial charge in [0.05, 0.1) is 6.10 Å². The predicted molar refractivity (Wildman–Crippen MR) is 48.9 cm³/mol. The van der Waals surface area contributed by atoms with Crippen LogP contribution in [0.2, 0.25) is 0 Å². The lowest BCUT2D eigenvalue weighted by molar-refractivity contribution is 0.0214. The molecule has 0 aromatic carbocycles. The second-order valence-corrected chi connectivity index (χ2v) is 4.88. The first kappa shape index (κ1) is 8.52. The van der Waals surface area contributed by atoms with Crippen molar-refractivity contribution in [1.29, 1.82) is 0 Å². The Morgan fingerprint density at radius 2 is 2.08 bits per heavy atom. The third kappa shape index (κ3) is 1.09. The Morgan fingerprint density at radius 3 is 2.42 bits per heavy atom. The lowest BCUT2D eigenvalue weighted by Gasteiger charge is -2.35. The summed E-state index contributed by atoms with van der Waals surface area (Å²) in [5, 5.41) is 0. The van der Waals surface area contributed by atoms with Gasteiger partial charge in [-0.15, -0.1) is 0 Å². The average molecular weight is 169 g/mol. The molecule has 70 valence electrons. The molecule has 2 heteroatoms. The molecule has 0 radical (unpaired) electrons. The van der Waals surface area contributed by atoms with E-state index < -0.39 is 0 Å². The molecule has 2 N–H and O–H groups in total. The molecule has 1 heterocycles. The van der Waals surface area contributed by atoms with Gasteiger partial charge in [-0.1, -0.05) is 0 Å². The van der Waals surface area contributed by atoms with Gasteiger partial charge >= 0.3 is 0 Å². The van der Waals surface area contributed by atoms with Crippen LogP contribution >= 0.6 is 0 Å². The Kier molecular flexibility index (Phi) is 1.74. The van der Waals surface area contributed by atoms with Crippen molar-refractivity contribution < 1.29 is 4.74 Å². The molecule has 1 saturated carbocycles. The zero-order chi connectivity index (χ0) is 8.82. The van der Waals surface area contributed by atoms with Crippen LogP contribution in [0.15, 0.2) is 0 Å². The number of ether oxygens (including phenoxy) is 1. The highest BCUT2D eigenvalue weighted by molar-refractivity contribution is 5.11. The van der Waals surface area contributed by atoms with Crippen molar-refractivity contribution in [3.8, 4) is 0 Å². The smallest absolute Gasteiger partial charge is 0.0649 e. The summed E-state index contributed by atoms with van der Waals surface area (Å²) in [6.45, 7) is 5.23. The van der Waals surface area contributed by atoms with E-state index in [4.69, 9.17) is 10.5 Å². The minimum absolute atomic E-state index is 0.0536. The largest absolute Gasteiger partial charge is 0.378 e. The van der Waals surface area contributed by atoms with Crippen molar-refractivity contribution >= 4 is 0 Å². The van der Waals surface area contributed by atoms with Gasteiger partial charge < -0.3 is 10.5 Å². The minimum Gasteiger partial charge on any atom is -0.378 e. The summed E-state index contributed by atoms with van der Waals surface area (Å²) in [6, 6.07) is 0. The van der Waals surface area contributed by atoms with Crippen LogP contribution in [0.3, 0.4) is 0 Å². The van der Waals surface area contributed by atoms with Crippen LogP contribution in [0.25, 0.3) is 0 Å². The summed E-state index contributed by atoms with van der Waals surface area (Å²) in [5.41, 5.74) is 6.44. The normalized spacial score (nSPS) is 33.8. The average Bonchev–Trinajstić information content (AvgIpc) is 2.61. The molecule has 0 aromatic heterocycles. The summed E-state index contributed by atoms with van der Waals surface area (Å²) < 4.78 is 5.73. The number of nitrogens with two attached hydrogens (primary N) is 1. The van der Waals surface area contributed by atoms with Gasteiger partial charge in [0.15, 0.2) is 0 Å². The SMILES string of the molecule is CC(C)(N)C1(C2CCCO2)CC1. The van der Waals surface area contributed by atoms with Gasteiger partial charge in [0, 0.05) is 17.6 Å². The monoisotopic (exact) mass is 169 g/mol. The minimum atomic E-state index is -0.0536. The Labute approximate surface area is 74.5 Å². The highest BCUT2D eigenvalue weighted by Gasteiger charge is 2.58. The third-order valence-electron chi connectivity index (χ3n) is 3.62. The zero-order valence-electron chi connectivity index (χ0n) is 8.10. The summed E-state index contributed by atoms with van der Waals surface area (Å²) >= 11 is 0. The molecule has 2 aliphatic rings. The van der Waals surface area contributed by atoms with Crippen LogP contribution in [0.1, 0.15) is 39.5 Å². The Balaban J connectivity index is 2.10. The quantitative estimate of drug-likeness (QED) is 0.682. The van der Waals surface area contributed by atoms with Gasteiger partial charge in [-0.2, -0.15) is 0 Å². The van der Waals surface area contributed by atoms with Crippen molar-refractivity contribution in [3.63, 3.8) is 0 Å². The zero-order valence-corrected chi connectivity index (χ0v) is 8.10. The first-order valence-corrected chi connectivity index (χ1v) is 4.97. The van der Waals surface area contributed by atoms with Crippen LogP contribution < -0.4 is 5.73 Å². The van der Waals surface area contributed by atoms with Crippen molar-refractivity contribution in [2.24, 2.45) is 11.1 Å². The Morgan fingerprint density at radius 1 is 1.42 bits per heavy atom. The highest BCUT2D eigenvalue weighted by Crippen LogP contribution is 2.58. The molecule has 1 aliphatic heterocycles. The van der Waals surface area contributed by atoms with Crippen LogP contribution in [0.4, 0.5) is 0 Å². The van der Waals surface area contributed by atoms with E-state index in [2.05, 4.69) is 13.8 Å². The first-order chi connectivity index (χ1) is 5.56. The molecule has 1 atom stereocenters. The van der Waals surface area contributed by atoms with Gasteiger partial charge in [-0.05, 0) is 39.5 Å². The van der Waals surface area contributed by atoms with E-state index in [0.717, 1.165) is 6.61 Å². The second-order valence-electron chi connectivity index (χ2n) is 4.88. The molecule has 2 fully saturated rings. The van der Waals surface area contributed by atoms with E-state index in [1.54, 1.807) is 0 Å². The van der Waals surface area contributed by atoms with Crippen molar-refractivity contribution in [2.45, 2.75) is 51.2 Å². The van der Waals surface area contributed by atoms with Crippen molar-refractivity contribution in [1.82, 2.24) is 0 Å². The van der Waals surface area contributed by atoms with E-state index in [-0.39, 0.29) is 5.54 Å². The fourth-order valence-electron chi connectivity index (χ4n) is 2.53. The molecule has 0 spiro atoms. The summed E-state index contributed by atoms with van der Waals surface area (Å²) in [4.78, 5) is 0. The fourth-order valence-corrected chi connectivity index (χ4v) is 2.53. The maximum atomic E-state index is 6.18. The Bertz CT molecular complexity index is 173. The molecule has 1 unspecified atom stereocenters. The van der Waals surface area contributed by atoms with Gasteiger partial charge in [-0.25, -0.2) is 0 Å².